The Morgan fingerprint density at radius 1 is 1.09 bits per heavy atom. The zero-order valence-electron chi connectivity index (χ0n) is 18.1. The van der Waals surface area contributed by atoms with Crippen molar-refractivity contribution >= 4 is 23.4 Å². The topological polar surface area (TPSA) is 119 Å². The molecule has 3 aliphatic rings. The molecule has 1 spiro atoms. The van der Waals surface area contributed by atoms with Crippen LogP contribution in [0.1, 0.15) is 31.4 Å². The highest BCUT2D eigenvalue weighted by atomic mass is 19.1. The smallest absolute Gasteiger partial charge is 0.250 e. The molecular formula is C24H24FN3O5. The number of imide groups is 1. The van der Waals surface area contributed by atoms with Gasteiger partial charge in [-0.25, -0.2) is 4.39 Å². The molecule has 2 saturated heterocycles. The molecule has 2 fully saturated rings. The van der Waals surface area contributed by atoms with Gasteiger partial charge in [-0.05, 0) is 55.7 Å². The van der Waals surface area contributed by atoms with Crippen LogP contribution >= 0.6 is 0 Å². The number of fused-ring (bicyclic) bond motifs is 4. The summed E-state index contributed by atoms with van der Waals surface area (Å²) in [5.41, 5.74) is -0.261. The van der Waals surface area contributed by atoms with Crippen LogP contribution < -0.4 is 10.6 Å². The van der Waals surface area contributed by atoms with E-state index in [-0.39, 0.29) is 29.9 Å². The number of carbonyl (C=O) groups is 3. The number of anilines is 1. The molecule has 3 amide bonds. The van der Waals surface area contributed by atoms with Crippen molar-refractivity contribution in [3.63, 3.8) is 0 Å². The van der Waals surface area contributed by atoms with Gasteiger partial charge in [-0.1, -0.05) is 13.0 Å². The van der Waals surface area contributed by atoms with Gasteiger partial charge in [0, 0.05) is 23.3 Å². The second-order valence-corrected chi connectivity index (χ2v) is 9.04. The Balaban J connectivity index is 1.64. The van der Waals surface area contributed by atoms with Crippen LogP contribution in [0, 0.1) is 17.7 Å². The molecule has 4 N–H and O–H groups in total. The Bertz CT molecular complexity index is 1200. The van der Waals surface area contributed by atoms with Crippen molar-refractivity contribution in [3.8, 4) is 11.5 Å². The van der Waals surface area contributed by atoms with E-state index >= 15 is 0 Å². The number of amides is 3. The molecule has 0 unspecified atom stereocenters. The molecule has 172 valence electrons. The number of phenols is 2. The third-order valence-corrected chi connectivity index (χ3v) is 7.24. The molecule has 0 radical (unpaired) electrons. The van der Waals surface area contributed by atoms with Crippen LogP contribution in [-0.4, -0.2) is 44.9 Å². The van der Waals surface area contributed by atoms with Crippen molar-refractivity contribution in [2.45, 2.75) is 44.3 Å². The maximum atomic E-state index is 14.2. The number of aromatic hydroxyl groups is 2. The summed E-state index contributed by atoms with van der Waals surface area (Å²) in [4.78, 5) is 41.7. The molecule has 33 heavy (non-hydrogen) atoms. The normalized spacial score (nSPS) is 28.9. The lowest BCUT2D eigenvalue weighted by Crippen LogP contribution is -2.54. The molecule has 3 heterocycles. The summed E-state index contributed by atoms with van der Waals surface area (Å²) in [5.74, 6) is -4.32. The maximum Gasteiger partial charge on any atom is 0.250 e. The van der Waals surface area contributed by atoms with Crippen molar-refractivity contribution in [2.75, 3.05) is 5.32 Å². The van der Waals surface area contributed by atoms with Crippen LogP contribution in [0.2, 0.25) is 0 Å². The average Bonchev–Trinajstić information content (AvgIpc) is 3.35. The van der Waals surface area contributed by atoms with Crippen LogP contribution in [0.25, 0.3) is 0 Å². The number of hydrogen-bond acceptors (Lipinski definition) is 6. The van der Waals surface area contributed by atoms with Crippen LogP contribution in [0.15, 0.2) is 36.4 Å². The van der Waals surface area contributed by atoms with Crippen molar-refractivity contribution < 1.29 is 29.0 Å². The fraction of sp³-hybridized carbons (Fsp3) is 0.375. The molecule has 5 atom stereocenters. The van der Waals surface area contributed by atoms with Gasteiger partial charge in [0.15, 0.2) is 11.5 Å². The van der Waals surface area contributed by atoms with Gasteiger partial charge in [-0.2, -0.15) is 0 Å². The molecule has 0 bridgehead atoms. The van der Waals surface area contributed by atoms with E-state index in [1.807, 2.05) is 6.92 Å². The van der Waals surface area contributed by atoms with Crippen molar-refractivity contribution in [1.29, 1.82) is 0 Å². The summed E-state index contributed by atoms with van der Waals surface area (Å²) in [6.07, 6.45) is 0.771. The third-order valence-electron chi connectivity index (χ3n) is 7.24. The summed E-state index contributed by atoms with van der Waals surface area (Å²) in [6, 6.07) is 7.26. The summed E-state index contributed by atoms with van der Waals surface area (Å²) < 4.78 is 14.2. The van der Waals surface area contributed by atoms with Crippen LogP contribution in [0.3, 0.4) is 0 Å². The average molecular weight is 453 g/mol. The number of halogens is 1. The maximum absolute atomic E-state index is 14.2. The highest BCUT2D eigenvalue weighted by Crippen LogP contribution is 2.53. The lowest BCUT2D eigenvalue weighted by atomic mass is 9.76. The molecule has 9 heteroatoms. The lowest BCUT2D eigenvalue weighted by Gasteiger charge is -2.31. The number of nitrogens with zero attached hydrogens (tertiary/aromatic N) is 1. The van der Waals surface area contributed by atoms with Gasteiger partial charge < -0.3 is 15.5 Å². The van der Waals surface area contributed by atoms with E-state index in [0.29, 0.717) is 23.2 Å². The fourth-order valence-corrected chi connectivity index (χ4v) is 5.54. The monoisotopic (exact) mass is 453 g/mol. The molecule has 5 rings (SSSR count). The first-order valence-corrected chi connectivity index (χ1v) is 11.0. The van der Waals surface area contributed by atoms with Gasteiger partial charge in [0.2, 0.25) is 17.7 Å². The second kappa shape index (κ2) is 7.28. The minimum absolute atomic E-state index is 0.210. The molecule has 8 nitrogen and oxygen atoms in total. The van der Waals surface area contributed by atoms with Gasteiger partial charge >= 0.3 is 0 Å². The number of phenolic OH excluding ortho intramolecular Hbond substituents is 2. The zero-order chi connectivity index (χ0) is 23.7. The minimum atomic E-state index is -1.58. The number of carbonyl (C=O) groups excluding carboxylic acids is 3. The standard InChI is InChI=1S/C24H24FN3O5/c1-3-11(2)28-21(31)19-16(8-12-4-7-17(29)18(30)9-12)27-24(20(19)22(28)32)14-10-13(25)5-6-15(14)26-23(24)33/h4-7,9-11,16,19-20,27,29-30H,3,8H2,1-2H3,(H,26,33)/t11-,16+,19+,20-,24-/m0/s1. The highest BCUT2D eigenvalue weighted by molar-refractivity contribution is 6.15. The Hall–Kier alpha value is -3.46. The Labute approximate surface area is 189 Å². The quantitative estimate of drug-likeness (QED) is 0.415. The van der Waals surface area contributed by atoms with Gasteiger partial charge in [0.1, 0.15) is 11.4 Å². The fourth-order valence-electron chi connectivity index (χ4n) is 5.54. The van der Waals surface area contributed by atoms with Gasteiger partial charge in [0.25, 0.3) is 0 Å². The molecule has 2 aromatic rings. The first-order valence-electron chi connectivity index (χ1n) is 11.0. The van der Waals surface area contributed by atoms with E-state index in [1.165, 1.54) is 35.2 Å². The zero-order valence-corrected chi connectivity index (χ0v) is 18.1. The number of benzene rings is 2. The largest absolute Gasteiger partial charge is 0.504 e. The Kier molecular flexibility index (Phi) is 4.72. The summed E-state index contributed by atoms with van der Waals surface area (Å²) in [7, 11) is 0. The molecule has 2 aromatic carbocycles. The second-order valence-electron chi connectivity index (χ2n) is 9.04. The van der Waals surface area contributed by atoms with E-state index in [4.69, 9.17) is 0 Å². The molecule has 3 aliphatic heterocycles. The Morgan fingerprint density at radius 2 is 1.85 bits per heavy atom. The number of likely N-dealkylation sites (tertiary alicyclic amines) is 1. The molecule has 0 aromatic heterocycles. The SMILES string of the molecule is CC[C@H](C)N1C(=O)[C@H]2[C@@H](C1=O)[C@]1(N[C@@H]2Cc2ccc(O)c(O)c2)C(=O)Nc2ccc(F)cc21. The van der Waals surface area contributed by atoms with E-state index in [1.54, 1.807) is 13.0 Å². The predicted molar refractivity (Wildman–Crippen MR) is 116 cm³/mol. The molecular weight excluding hydrogens is 429 g/mol. The van der Waals surface area contributed by atoms with E-state index in [2.05, 4.69) is 10.6 Å². The molecule has 0 aliphatic carbocycles. The number of nitrogens with one attached hydrogen (secondary N) is 2. The first kappa shape index (κ1) is 21.4. The van der Waals surface area contributed by atoms with Crippen LogP contribution in [-0.2, 0) is 26.3 Å². The highest BCUT2D eigenvalue weighted by Gasteiger charge is 2.70. The number of hydrogen-bond donors (Lipinski definition) is 4. The number of rotatable bonds is 4. The van der Waals surface area contributed by atoms with Gasteiger partial charge in [0.05, 0.1) is 11.8 Å². The van der Waals surface area contributed by atoms with Crippen LogP contribution in [0.5, 0.6) is 11.5 Å². The lowest BCUT2D eigenvalue weighted by molar-refractivity contribution is -0.145. The molecule has 0 saturated carbocycles. The summed E-state index contributed by atoms with van der Waals surface area (Å²) >= 11 is 0. The van der Waals surface area contributed by atoms with E-state index in [9.17, 15) is 29.0 Å². The van der Waals surface area contributed by atoms with Crippen molar-refractivity contribution in [3.05, 3.63) is 53.3 Å². The third kappa shape index (κ3) is 2.88. The Morgan fingerprint density at radius 3 is 2.55 bits per heavy atom. The van der Waals surface area contributed by atoms with Crippen LogP contribution in [0.4, 0.5) is 10.1 Å². The van der Waals surface area contributed by atoms with Gasteiger partial charge in [-0.3, -0.25) is 24.6 Å². The van der Waals surface area contributed by atoms with E-state index in [0.717, 1.165) is 0 Å². The minimum Gasteiger partial charge on any atom is -0.504 e. The summed E-state index contributed by atoms with van der Waals surface area (Å²) in [6.45, 7) is 3.66. The summed E-state index contributed by atoms with van der Waals surface area (Å²) in [5, 5.41) is 25.5. The van der Waals surface area contributed by atoms with Crippen molar-refractivity contribution in [2.24, 2.45) is 11.8 Å². The van der Waals surface area contributed by atoms with E-state index < -0.39 is 41.0 Å². The first-order chi connectivity index (χ1) is 15.7. The van der Waals surface area contributed by atoms with Crippen molar-refractivity contribution in [1.82, 2.24) is 10.2 Å². The van der Waals surface area contributed by atoms with Gasteiger partial charge in [-0.15, -0.1) is 0 Å². The predicted octanol–water partition coefficient (Wildman–Crippen LogP) is 2.00.